The molecule has 1 aromatic rings. The van der Waals surface area contributed by atoms with Gasteiger partial charge in [-0.05, 0) is 31.0 Å². The Morgan fingerprint density at radius 3 is 2.68 bits per heavy atom. The van der Waals surface area contributed by atoms with Gasteiger partial charge in [-0.25, -0.2) is 0 Å². The zero-order chi connectivity index (χ0) is 14.4. The molecule has 1 rings (SSSR count). The molecule has 0 aliphatic carbocycles. The van der Waals surface area contributed by atoms with Crippen LogP contribution in [0.25, 0.3) is 0 Å². The first kappa shape index (κ1) is 15.8. The molecule has 0 saturated heterocycles. The number of aliphatic hydroxyl groups is 1. The fourth-order valence-electron chi connectivity index (χ4n) is 1.49. The molecule has 106 valence electrons. The van der Waals surface area contributed by atoms with Crippen molar-refractivity contribution in [3.8, 4) is 5.75 Å². The standard InChI is InChI=1S/C14H20ClNO3/c1-9(2)7-16-14(18)8-19-13-5-4-11(15)6-12(13)10(3)17/h4-6,9-10,17H,7-8H2,1-3H3,(H,16,18)/t10-/m0/s1. The van der Waals surface area contributed by atoms with E-state index in [1.54, 1.807) is 25.1 Å². The van der Waals surface area contributed by atoms with Gasteiger partial charge >= 0.3 is 0 Å². The molecule has 5 heteroatoms. The van der Waals surface area contributed by atoms with Gasteiger partial charge in [-0.1, -0.05) is 25.4 Å². The maximum Gasteiger partial charge on any atom is 0.257 e. The van der Waals surface area contributed by atoms with Crippen LogP contribution in [-0.2, 0) is 4.79 Å². The van der Waals surface area contributed by atoms with Gasteiger partial charge in [-0.15, -0.1) is 0 Å². The molecule has 0 saturated carbocycles. The van der Waals surface area contributed by atoms with Crippen molar-refractivity contribution in [2.45, 2.75) is 26.9 Å². The van der Waals surface area contributed by atoms with E-state index < -0.39 is 6.10 Å². The Morgan fingerprint density at radius 1 is 1.42 bits per heavy atom. The normalized spacial score (nSPS) is 12.3. The van der Waals surface area contributed by atoms with Gasteiger partial charge in [0, 0.05) is 17.1 Å². The minimum atomic E-state index is -0.701. The van der Waals surface area contributed by atoms with Crippen LogP contribution in [0.1, 0.15) is 32.4 Å². The third-order valence-electron chi connectivity index (χ3n) is 2.49. The molecule has 1 amide bonds. The van der Waals surface area contributed by atoms with Crippen molar-refractivity contribution in [3.63, 3.8) is 0 Å². The van der Waals surface area contributed by atoms with Crippen LogP contribution in [-0.4, -0.2) is 24.2 Å². The summed E-state index contributed by atoms with van der Waals surface area (Å²) in [7, 11) is 0. The van der Waals surface area contributed by atoms with E-state index in [1.165, 1.54) is 0 Å². The molecule has 1 atom stereocenters. The third kappa shape index (κ3) is 5.49. The minimum absolute atomic E-state index is 0.0753. The maximum atomic E-state index is 11.5. The highest BCUT2D eigenvalue weighted by Crippen LogP contribution is 2.28. The van der Waals surface area contributed by atoms with Crippen molar-refractivity contribution in [2.75, 3.05) is 13.2 Å². The Hall–Kier alpha value is -1.26. The number of hydrogen-bond donors (Lipinski definition) is 2. The van der Waals surface area contributed by atoms with Gasteiger partial charge in [0.2, 0.25) is 0 Å². The van der Waals surface area contributed by atoms with Crippen molar-refractivity contribution in [1.29, 1.82) is 0 Å². The second kappa shape index (κ2) is 7.36. The summed E-state index contributed by atoms with van der Waals surface area (Å²) in [6, 6.07) is 4.95. The number of aliphatic hydroxyl groups excluding tert-OH is 1. The smallest absolute Gasteiger partial charge is 0.257 e. The number of ether oxygens (including phenoxy) is 1. The van der Waals surface area contributed by atoms with E-state index in [9.17, 15) is 9.90 Å². The molecule has 0 aliphatic rings. The first-order chi connectivity index (χ1) is 8.90. The zero-order valence-corrected chi connectivity index (χ0v) is 12.2. The quantitative estimate of drug-likeness (QED) is 0.844. The number of rotatable bonds is 6. The van der Waals surface area contributed by atoms with E-state index in [-0.39, 0.29) is 12.5 Å². The molecule has 0 aromatic heterocycles. The highest BCUT2D eigenvalue weighted by Gasteiger charge is 2.11. The molecular formula is C14H20ClNO3. The molecule has 19 heavy (non-hydrogen) atoms. The van der Waals surface area contributed by atoms with E-state index in [4.69, 9.17) is 16.3 Å². The van der Waals surface area contributed by atoms with Crippen LogP contribution in [0.3, 0.4) is 0 Å². The van der Waals surface area contributed by atoms with Crippen LogP contribution in [0, 0.1) is 5.92 Å². The average Bonchev–Trinajstić information content (AvgIpc) is 2.34. The Kier molecular flexibility index (Phi) is 6.12. The lowest BCUT2D eigenvalue weighted by Crippen LogP contribution is -2.31. The number of benzene rings is 1. The van der Waals surface area contributed by atoms with Crippen LogP contribution in [0.5, 0.6) is 5.75 Å². The molecule has 2 N–H and O–H groups in total. The molecule has 0 aliphatic heterocycles. The van der Waals surface area contributed by atoms with Gasteiger partial charge in [0.05, 0.1) is 6.10 Å². The van der Waals surface area contributed by atoms with Gasteiger partial charge in [-0.2, -0.15) is 0 Å². The van der Waals surface area contributed by atoms with Gasteiger partial charge in [-0.3, -0.25) is 4.79 Å². The van der Waals surface area contributed by atoms with Crippen LogP contribution < -0.4 is 10.1 Å². The zero-order valence-electron chi connectivity index (χ0n) is 11.4. The summed E-state index contributed by atoms with van der Waals surface area (Å²) in [6.45, 7) is 6.20. The Balaban J connectivity index is 2.60. The molecule has 0 bridgehead atoms. The second-order valence-electron chi connectivity index (χ2n) is 4.84. The minimum Gasteiger partial charge on any atom is -0.483 e. The van der Waals surface area contributed by atoms with Gasteiger partial charge in [0.15, 0.2) is 6.61 Å². The summed E-state index contributed by atoms with van der Waals surface area (Å²) in [5.41, 5.74) is 0.573. The van der Waals surface area contributed by atoms with E-state index >= 15 is 0 Å². The van der Waals surface area contributed by atoms with Crippen LogP contribution in [0.15, 0.2) is 18.2 Å². The molecule has 0 heterocycles. The largest absolute Gasteiger partial charge is 0.483 e. The Morgan fingerprint density at radius 2 is 2.11 bits per heavy atom. The molecule has 0 fully saturated rings. The lowest BCUT2D eigenvalue weighted by molar-refractivity contribution is -0.123. The summed E-state index contributed by atoms with van der Waals surface area (Å²) < 4.78 is 5.42. The van der Waals surface area contributed by atoms with Crippen LogP contribution in [0.4, 0.5) is 0 Å². The summed E-state index contributed by atoms with van der Waals surface area (Å²) in [6.07, 6.45) is -0.701. The van der Waals surface area contributed by atoms with Crippen molar-refractivity contribution >= 4 is 17.5 Å². The lowest BCUT2D eigenvalue weighted by atomic mass is 10.1. The first-order valence-electron chi connectivity index (χ1n) is 6.27. The summed E-state index contributed by atoms with van der Waals surface area (Å²) in [5, 5.41) is 12.9. The number of halogens is 1. The monoisotopic (exact) mass is 285 g/mol. The molecule has 0 unspecified atom stereocenters. The average molecular weight is 286 g/mol. The van der Waals surface area contributed by atoms with Crippen LogP contribution >= 0.6 is 11.6 Å². The third-order valence-corrected chi connectivity index (χ3v) is 2.72. The molecular weight excluding hydrogens is 266 g/mol. The predicted molar refractivity (Wildman–Crippen MR) is 75.4 cm³/mol. The van der Waals surface area contributed by atoms with E-state index in [2.05, 4.69) is 5.32 Å². The van der Waals surface area contributed by atoms with Gasteiger partial charge in [0.1, 0.15) is 5.75 Å². The molecule has 1 aromatic carbocycles. The van der Waals surface area contributed by atoms with Crippen molar-refractivity contribution in [3.05, 3.63) is 28.8 Å². The summed E-state index contributed by atoms with van der Waals surface area (Å²) >= 11 is 5.86. The fourth-order valence-corrected chi connectivity index (χ4v) is 1.67. The second-order valence-corrected chi connectivity index (χ2v) is 5.28. The highest BCUT2D eigenvalue weighted by atomic mass is 35.5. The molecule has 4 nitrogen and oxygen atoms in total. The van der Waals surface area contributed by atoms with Crippen LogP contribution in [0.2, 0.25) is 5.02 Å². The number of hydrogen-bond acceptors (Lipinski definition) is 3. The maximum absolute atomic E-state index is 11.5. The number of nitrogens with one attached hydrogen (secondary N) is 1. The van der Waals surface area contributed by atoms with Crippen molar-refractivity contribution < 1.29 is 14.6 Å². The predicted octanol–water partition coefficient (Wildman–Crippen LogP) is 2.54. The number of amides is 1. The summed E-state index contributed by atoms with van der Waals surface area (Å²) in [5.74, 6) is 0.687. The van der Waals surface area contributed by atoms with E-state index in [0.29, 0.717) is 28.8 Å². The van der Waals surface area contributed by atoms with Gasteiger partial charge in [0.25, 0.3) is 5.91 Å². The van der Waals surface area contributed by atoms with Crippen molar-refractivity contribution in [1.82, 2.24) is 5.32 Å². The molecule has 0 radical (unpaired) electrons. The molecule has 0 spiro atoms. The first-order valence-corrected chi connectivity index (χ1v) is 6.65. The number of carbonyl (C=O) groups excluding carboxylic acids is 1. The SMILES string of the molecule is CC(C)CNC(=O)COc1ccc(Cl)cc1[C@H](C)O. The lowest BCUT2D eigenvalue weighted by Gasteiger charge is -2.14. The number of carbonyl (C=O) groups is 1. The van der Waals surface area contributed by atoms with Crippen molar-refractivity contribution in [2.24, 2.45) is 5.92 Å². The van der Waals surface area contributed by atoms with Gasteiger partial charge < -0.3 is 15.2 Å². The highest BCUT2D eigenvalue weighted by molar-refractivity contribution is 6.30. The summed E-state index contributed by atoms with van der Waals surface area (Å²) in [4.78, 5) is 11.5. The Bertz CT molecular complexity index is 433. The van der Waals surface area contributed by atoms with E-state index in [0.717, 1.165) is 0 Å². The van der Waals surface area contributed by atoms with E-state index in [1.807, 2.05) is 13.8 Å². The fraction of sp³-hybridized carbons (Fsp3) is 0.500. The Labute approximate surface area is 118 Å². The topological polar surface area (TPSA) is 58.6 Å².